The predicted molar refractivity (Wildman–Crippen MR) is 109 cm³/mol. The summed E-state index contributed by atoms with van der Waals surface area (Å²) in [6.07, 6.45) is 0. The second-order valence-electron chi connectivity index (χ2n) is 6.33. The molecule has 1 amide bonds. The molecule has 0 aliphatic heterocycles. The molecule has 3 aromatic rings. The van der Waals surface area contributed by atoms with Gasteiger partial charge in [0.25, 0.3) is 5.91 Å². The first-order valence-electron chi connectivity index (χ1n) is 8.42. The summed E-state index contributed by atoms with van der Waals surface area (Å²) in [7, 11) is 0. The standard InChI is InChI=1S/C21H20ClN3O2/c1-12-10-18(22)19(11-13(12)2)27-16-7-5-15(6-8-16)25-21(26)17-9-4-14(3)24-20(17)23/h4-11H,1-3H3,(H2,23,24)(H,25,26). The number of nitrogen functional groups attached to an aromatic ring is 1. The second-order valence-corrected chi connectivity index (χ2v) is 6.74. The van der Waals surface area contributed by atoms with E-state index in [1.54, 1.807) is 36.4 Å². The third-order valence-electron chi connectivity index (χ3n) is 4.20. The number of benzene rings is 2. The van der Waals surface area contributed by atoms with Crippen molar-refractivity contribution in [1.29, 1.82) is 0 Å². The first-order valence-corrected chi connectivity index (χ1v) is 8.80. The van der Waals surface area contributed by atoms with E-state index in [2.05, 4.69) is 10.3 Å². The number of rotatable bonds is 4. The second kappa shape index (κ2) is 7.68. The number of nitrogens with zero attached hydrogens (tertiary/aromatic N) is 1. The van der Waals surface area contributed by atoms with E-state index >= 15 is 0 Å². The van der Waals surface area contributed by atoms with Crippen LogP contribution in [0, 0.1) is 20.8 Å². The highest BCUT2D eigenvalue weighted by molar-refractivity contribution is 6.32. The Morgan fingerprint density at radius 1 is 1.04 bits per heavy atom. The SMILES string of the molecule is Cc1ccc(C(=O)Nc2ccc(Oc3cc(C)c(C)cc3Cl)cc2)c(N)n1. The van der Waals surface area contributed by atoms with Gasteiger partial charge in [0.15, 0.2) is 0 Å². The fourth-order valence-electron chi connectivity index (χ4n) is 2.53. The molecule has 3 N–H and O–H groups in total. The average Bonchev–Trinajstić information content (AvgIpc) is 2.61. The summed E-state index contributed by atoms with van der Waals surface area (Å²) in [5.41, 5.74) is 9.74. The van der Waals surface area contributed by atoms with Crippen LogP contribution in [0.25, 0.3) is 0 Å². The minimum Gasteiger partial charge on any atom is -0.456 e. The number of amides is 1. The quantitative estimate of drug-likeness (QED) is 0.643. The number of aryl methyl sites for hydroxylation is 3. The Balaban J connectivity index is 1.72. The normalized spacial score (nSPS) is 10.5. The van der Waals surface area contributed by atoms with Crippen LogP contribution in [0.2, 0.25) is 5.02 Å². The largest absolute Gasteiger partial charge is 0.456 e. The van der Waals surface area contributed by atoms with Gasteiger partial charge in [-0.05, 0) is 80.4 Å². The summed E-state index contributed by atoms with van der Waals surface area (Å²) in [4.78, 5) is 16.5. The van der Waals surface area contributed by atoms with E-state index in [-0.39, 0.29) is 11.7 Å². The van der Waals surface area contributed by atoms with Crippen LogP contribution in [0.4, 0.5) is 11.5 Å². The van der Waals surface area contributed by atoms with Gasteiger partial charge >= 0.3 is 0 Å². The van der Waals surface area contributed by atoms with Gasteiger partial charge in [-0.15, -0.1) is 0 Å². The predicted octanol–water partition coefficient (Wildman–Crippen LogP) is 5.29. The van der Waals surface area contributed by atoms with E-state index in [4.69, 9.17) is 22.1 Å². The van der Waals surface area contributed by atoms with Gasteiger partial charge in [-0.2, -0.15) is 0 Å². The molecule has 0 radical (unpaired) electrons. The van der Waals surface area contributed by atoms with Crippen LogP contribution in [0.5, 0.6) is 11.5 Å². The van der Waals surface area contributed by atoms with Gasteiger partial charge in [-0.25, -0.2) is 4.98 Å². The number of pyridine rings is 1. The lowest BCUT2D eigenvalue weighted by atomic mass is 10.1. The zero-order valence-electron chi connectivity index (χ0n) is 15.3. The molecular weight excluding hydrogens is 362 g/mol. The molecule has 1 heterocycles. The molecule has 0 aliphatic rings. The van der Waals surface area contributed by atoms with E-state index in [0.717, 1.165) is 16.8 Å². The smallest absolute Gasteiger partial charge is 0.259 e. The molecule has 6 heteroatoms. The minimum atomic E-state index is -0.314. The Morgan fingerprint density at radius 2 is 1.70 bits per heavy atom. The van der Waals surface area contributed by atoms with Crippen LogP contribution in [0.15, 0.2) is 48.5 Å². The Morgan fingerprint density at radius 3 is 2.37 bits per heavy atom. The van der Waals surface area contributed by atoms with Crippen molar-refractivity contribution in [3.05, 3.63) is 75.9 Å². The van der Waals surface area contributed by atoms with Crippen LogP contribution in [-0.4, -0.2) is 10.9 Å². The summed E-state index contributed by atoms with van der Waals surface area (Å²) in [6, 6.07) is 14.2. The molecule has 0 unspecified atom stereocenters. The summed E-state index contributed by atoms with van der Waals surface area (Å²) in [6.45, 7) is 5.82. The van der Waals surface area contributed by atoms with Crippen molar-refractivity contribution in [2.24, 2.45) is 0 Å². The lowest BCUT2D eigenvalue weighted by Gasteiger charge is -2.11. The first kappa shape index (κ1) is 18.7. The van der Waals surface area contributed by atoms with Gasteiger partial charge < -0.3 is 15.8 Å². The van der Waals surface area contributed by atoms with Gasteiger partial charge in [-0.1, -0.05) is 11.6 Å². The van der Waals surface area contributed by atoms with Gasteiger partial charge in [0.2, 0.25) is 0 Å². The molecule has 3 rings (SSSR count). The average molecular weight is 382 g/mol. The highest BCUT2D eigenvalue weighted by Gasteiger charge is 2.11. The topological polar surface area (TPSA) is 77.2 Å². The van der Waals surface area contributed by atoms with Gasteiger partial charge in [0.05, 0.1) is 10.6 Å². The van der Waals surface area contributed by atoms with E-state index < -0.39 is 0 Å². The number of anilines is 2. The zero-order valence-corrected chi connectivity index (χ0v) is 16.1. The van der Waals surface area contributed by atoms with Gasteiger partial charge in [0, 0.05) is 11.4 Å². The van der Waals surface area contributed by atoms with E-state index in [1.807, 2.05) is 32.9 Å². The molecule has 5 nitrogen and oxygen atoms in total. The number of halogens is 1. The maximum absolute atomic E-state index is 12.4. The maximum Gasteiger partial charge on any atom is 0.259 e. The molecule has 0 aliphatic carbocycles. The Hall–Kier alpha value is -3.05. The molecule has 0 saturated carbocycles. The molecule has 0 saturated heterocycles. The third kappa shape index (κ3) is 4.38. The first-order chi connectivity index (χ1) is 12.8. The highest BCUT2D eigenvalue weighted by Crippen LogP contribution is 2.32. The van der Waals surface area contributed by atoms with E-state index in [9.17, 15) is 4.79 Å². The van der Waals surface area contributed by atoms with Crippen molar-refractivity contribution in [3.63, 3.8) is 0 Å². The van der Waals surface area contributed by atoms with Crippen molar-refractivity contribution in [2.75, 3.05) is 11.1 Å². The molecule has 1 aromatic heterocycles. The zero-order chi connectivity index (χ0) is 19.6. The monoisotopic (exact) mass is 381 g/mol. The fraction of sp³-hybridized carbons (Fsp3) is 0.143. The summed E-state index contributed by atoms with van der Waals surface area (Å²) >= 11 is 6.25. The lowest BCUT2D eigenvalue weighted by Crippen LogP contribution is -2.15. The Kier molecular flexibility index (Phi) is 5.33. The number of nitrogens with two attached hydrogens (primary N) is 1. The molecule has 27 heavy (non-hydrogen) atoms. The number of ether oxygens (including phenoxy) is 1. The Labute approximate surface area is 163 Å². The van der Waals surface area contributed by atoms with Crippen molar-refractivity contribution in [1.82, 2.24) is 4.98 Å². The number of carbonyl (C=O) groups excluding carboxylic acids is 1. The summed E-state index contributed by atoms with van der Waals surface area (Å²) in [5, 5.41) is 3.35. The van der Waals surface area contributed by atoms with Crippen LogP contribution in [0.1, 0.15) is 27.2 Å². The number of nitrogens with one attached hydrogen (secondary N) is 1. The van der Waals surface area contributed by atoms with Crippen molar-refractivity contribution < 1.29 is 9.53 Å². The van der Waals surface area contributed by atoms with Crippen LogP contribution in [-0.2, 0) is 0 Å². The summed E-state index contributed by atoms with van der Waals surface area (Å²) in [5.74, 6) is 1.10. The summed E-state index contributed by atoms with van der Waals surface area (Å²) < 4.78 is 5.85. The maximum atomic E-state index is 12.4. The van der Waals surface area contributed by atoms with Crippen LogP contribution in [0.3, 0.4) is 0 Å². The van der Waals surface area contributed by atoms with Gasteiger partial charge in [0.1, 0.15) is 17.3 Å². The minimum absolute atomic E-state index is 0.205. The Bertz CT molecular complexity index is 1000. The molecule has 0 atom stereocenters. The molecule has 0 spiro atoms. The van der Waals surface area contributed by atoms with Crippen LogP contribution < -0.4 is 15.8 Å². The molecule has 0 bridgehead atoms. The molecule has 0 fully saturated rings. The number of aromatic nitrogens is 1. The number of carbonyl (C=O) groups is 1. The highest BCUT2D eigenvalue weighted by atomic mass is 35.5. The molecule has 2 aromatic carbocycles. The van der Waals surface area contributed by atoms with E-state index in [1.165, 1.54) is 0 Å². The molecule has 138 valence electrons. The number of hydrogen-bond donors (Lipinski definition) is 2. The van der Waals surface area contributed by atoms with Gasteiger partial charge in [-0.3, -0.25) is 4.79 Å². The van der Waals surface area contributed by atoms with Crippen molar-refractivity contribution >= 4 is 29.0 Å². The van der Waals surface area contributed by atoms with Crippen molar-refractivity contribution in [3.8, 4) is 11.5 Å². The van der Waals surface area contributed by atoms with Crippen molar-refractivity contribution in [2.45, 2.75) is 20.8 Å². The van der Waals surface area contributed by atoms with E-state index in [0.29, 0.717) is 27.8 Å². The third-order valence-corrected chi connectivity index (χ3v) is 4.49. The fourth-order valence-corrected chi connectivity index (χ4v) is 2.79. The van der Waals surface area contributed by atoms with Crippen LogP contribution >= 0.6 is 11.6 Å². The molecular formula is C21H20ClN3O2. The lowest BCUT2D eigenvalue weighted by molar-refractivity contribution is 0.102. The number of hydrogen-bond acceptors (Lipinski definition) is 4.